The average molecular weight is 384 g/mol. The Morgan fingerprint density at radius 3 is 2.54 bits per heavy atom. The van der Waals surface area contributed by atoms with Gasteiger partial charge < -0.3 is 9.64 Å². The first kappa shape index (κ1) is 19.1. The zero-order valence-electron chi connectivity index (χ0n) is 16.6. The average Bonchev–Trinajstić information content (AvgIpc) is 2.67. The molecule has 7 heteroatoms. The molecule has 0 bridgehead atoms. The maximum atomic E-state index is 10.9. The minimum Gasteiger partial charge on any atom is -0.373 e. The summed E-state index contributed by atoms with van der Waals surface area (Å²) >= 11 is 0. The van der Waals surface area contributed by atoms with Crippen molar-refractivity contribution in [2.45, 2.75) is 38.9 Å². The van der Waals surface area contributed by atoms with E-state index in [0.29, 0.717) is 12.2 Å². The second-order valence-electron chi connectivity index (χ2n) is 8.21. The Hall–Kier alpha value is -2.25. The zero-order valence-corrected chi connectivity index (χ0v) is 16.6. The van der Waals surface area contributed by atoms with Crippen molar-refractivity contribution in [3.05, 3.63) is 40.4 Å². The fourth-order valence-electron chi connectivity index (χ4n) is 4.54. The molecule has 0 aliphatic carbocycles. The van der Waals surface area contributed by atoms with Crippen molar-refractivity contribution in [1.29, 1.82) is 0 Å². The van der Waals surface area contributed by atoms with E-state index in [2.05, 4.69) is 23.6 Å². The van der Waals surface area contributed by atoms with E-state index in [1.807, 2.05) is 12.1 Å². The molecule has 2 saturated heterocycles. The normalized spacial score (nSPS) is 24.6. The van der Waals surface area contributed by atoms with Gasteiger partial charge in [-0.2, -0.15) is 0 Å². The maximum absolute atomic E-state index is 10.9. The molecule has 2 aromatic rings. The molecule has 7 nitrogen and oxygen atoms in total. The van der Waals surface area contributed by atoms with Crippen LogP contribution in [0.5, 0.6) is 0 Å². The van der Waals surface area contributed by atoms with Gasteiger partial charge in [0.15, 0.2) is 0 Å². The van der Waals surface area contributed by atoms with Gasteiger partial charge in [-0.1, -0.05) is 0 Å². The second kappa shape index (κ2) is 8.01. The van der Waals surface area contributed by atoms with Crippen LogP contribution in [0.25, 0.3) is 10.9 Å². The third kappa shape index (κ3) is 4.25. The number of non-ortho nitro benzene ring substituents is 1. The molecule has 150 valence electrons. The van der Waals surface area contributed by atoms with Gasteiger partial charge in [0.05, 0.1) is 22.6 Å². The lowest BCUT2D eigenvalue weighted by Gasteiger charge is -2.39. The van der Waals surface area contributed by atoms with E-state index in [-0.39, 0.29) is 10.6 Å². The third-order valence-corrected chi connectivity index (χ3v) is 5.82. The molecule has 0 N–H and O–H groups in total. The van der Waals surface area contributed by atoms with Gasteiger partial charge in [0.25, 0.3) is 5.69 Å². The fourth-order valence-corrected chi connectivity index (χ4v) is 4.54. The molecule has 2 fully saturated rings. The summed E-state index contributed by atoms with van der Waals surface area (Å²) in [7, 11) is 0. The molecule has 2 atom stereocenters. The van der Waals surface area contributed by atoms with E-state index in [0.717, 1.165) is 55.4 Å². The molecule has 0 radical (unpaired) electrons. The summed E-state index contributed by atoms with van der Waals surface area (Å²) in [5.74, 6) is 1.69. The summed E-state index contributed by atoms with van der Waals surface area (Å²) in [4.78, 5) is 20.2. The van der Waals surface area contributed by atoms with E-state index in [4.69, 9.17) is 9.72 Å². The summed E-state index contributed by atoms with van der Waals surface area (Å²) in [6.07, 6.45) is 2.98. The topological polar surface area (TPSA) is 71.7 Å². The van der Waals surface area contributed by atoms with E-state index < -0.39 is 0 Å². The molecule has 4 rings (SSSR count). The Morgan fingerprint density at radius 2 is 1.86 bits per heavy atom. The van der Waals surface area contributed by atoms with Crippen molar-refractivity contribution >= 4 is 22.4 Å². The van der Waals surface area contributed by atoms with Crippen LogP contribution in [0.1, 0.15) is 26.7 Å². The number of nitrogens with zero attached hydrogens (tertiary/aromatic N) is 4. The Kier molecular flexibility index (Phi) is 5.46. The van der Waals surface area contributed by atoms with Crippen molar-refractivity contribution in [3.63, 3.8) is 0 Å². The van der Waals surface area contributed by atoms with Crippen LogP contribution in [0.2, 0.25) is 0 Å². The van der Waals surface area contributed by atoms with Crippen LogP contribution in [-0.4, -0.2) is 59.7 Å². The molecule has 2 aliphatic heterocycles. The number of rotatable bonds is 4. The lowest BCUT2D eigenvalue weighted by molar-refractivity contribution is -0.384. The Balaban J connectivity index is 1.37. The summed E-state index contributed by atoms with van der Waals surface area (Å²) in [5, 5.41) is 11.7. The molecule has 0 saturated carbocycles. The number of ether oxygens (including phenoxy) is 1. The van der Waals surface area contributed by atoms with Crippen LogP contribution in [0.3, 0.4) is 0 Å². The summed E-state index contributed by atoms with van der Waals surface area (Å²) in [6.45, 7) is 9.54. The Bertz CT molecular complexity index is 841. The highest BCUT2D eigenvalue weighted by Gasteiger charge is 2.27. The number of aromatic nitrogens is 1. The summed E-state index contributed by atoms with van der Waals surface area (Å²) in [6, 6.07) is 8.77. The van der Waals surface area contributed by atoms with Crippen molar-refractivity contribution in [3.8, 4) is 0 Å². The predicted octanol–water partition coefficient (Wildman–Crippen LogP) is 3.47. The molecule has 2 unspecified atom stereocenters. The predicted molar refractivity (Wildman–Crippen MR) is 110 cm³/mol. The first-order chi connectivity index (χ1) is 13.5. The number of pyridine rings is 1. The molecule has 1 aromatic carbocycles. The highest BCUT2D eigenvalue weighted by molar-refractivity contribution is 5.82. The molecule has 0 spiro atoms. The largest absolute Gasteiger partial charge is 0.373 e. The summed E-state index contributed by atoms with van der Waals surface area (Å²) < 4.78 is 5.84. The maximum Gasteiger partial charge on any atom is 0.270 e. The number of morpholine rings is 1. The molecule has 1 aromatic heterocycles. The van der Waals surface area contributed by atoms with E-state index in [1.54, 1.807) is 12.1 Å². The Morgan fingerprint density at radius 1 is 1.14 bits per heavy atom. The smallest absolute Gasteiger partial charge is 0.270 e. The molecule has 3 heterocycles. The second-order valence-corrected chi connectivity index (χ2v) is 8.21. The standard InChI is InChI=1S/C21H28N4O3/c1-15-12-23(13-16(2)28-15)14-17-7-9-24(10-8-17)21-6-3-18-11-19(25(26)27)4-5-20(18)22-21/h3-6,11,15-17H,7-10,12-14H2,1-2H3. The van der Waals surface area contributed by atoms with E-state index >= 15 is 0 Å². The molecule has 0 amide bonds. The van der Waals surface area contributed by atoms with Crippen LogP contribution < -0.4 is 4.90 Å². The van der Waals surface area contributed by atoms with Crippen LogP contribution in [0, 0.1) is 16.0 Å². The first-order valence-corrected chi connectivity index (χ1v) is 10.2. The SMILES string of the molecule is CC1CN(CC2CCN(c3ccc4cc([N+](=O)[O-])ccc4n3)CC2)CC(C)O1. The van der Waals surface area contributed by atoms with E-state index in [1.165, 1.54) is 18.9 Å². The monoisotopic (exact) mass is 384 g/mol. The van der Waals surface area contributed by atoms with Crippen LogP contribution in [0.15, 0.2) is 30.3 Å². The minimum absolute atomic E-state index is 0.106. The van der Waals surface area contributed by atoms with Gasteiger partial charge in [-0.3, -0.25) is 15.0 Å². The number of anilines is 1. The lowest BCUT2D eigenvalue weighted by Crippen LogP contribution is -2.48. The number of hydrogen-bond acceptors (Lipinski definition) is 6. The molecular weight excluding hydrogens is 356 g/mol. The number of hydrogen-bond donors (Lipinski definition) is 0. The Labute approximate surface area is 165 Å². The quantitative estimate of drug-likeness (QED) is 0.594. The van der Waals surface area contributed by atoms with Gasteiger partial charge in [0.1, 0.15) is 5.82 Å². The number of piperidine rings is 1. The van der Waals surface area contributed by atoms with Gasteiger partial charge >= 0.3 is 0 Å². The van der Waals surface area contributed by atoms with Crippen LogP contribution in [-0.2, 0) is 4.74 Å². The summed E-state index contributed by atoms with van der Waals surface area (Å²) in [5.41, 5.74) is 0.913. The number of fused-ring (bicyclic) bond motifs is 1. The van der Waals surface area contributed by atoms with E-state index in [9.17, 15) is 10.1 Å². The van der Waals surface area contributed by atoms with Gasteiger partial charge in [0, 0.05) is 50.2 Å². The molecule has 28 heavy (non-hydrogen) atoms. The minimum atomic E-state index is -0.367. The molecule has 2 aliphatic rings. The van der Waals surface area contributed by atoms with Crippen molar-refractivity contribution in [1.82, 2.24) is 9.88 Å². The third-order valence-electron chi connectivity index (χ3n) is 5.82. The van der Waals surface area contributed by atoms with Gasteiger partial charge in [-0.05, 0) is 50.8 Å². The van der Waals surface area contributed by atoms with Crippen LogP contribution >= 0.6 is 0 Å². The zero-order chi connectivity index (χ0) is 19.7. The number of nitro benzene ring substituents is 1. The number of nitro groups is 1. The highest BCUT2D eigenvalue weighted by atomic mass is 16.6. The van der Waals surface area contributed by atoms with Crippen LogP contribution in [0.4, 0.5) is 11.5 Å². The van der Waals surface area contributed by atoms with Gasteiger partial charge in [-0.15, -0.1) is 0 Å². The first-order valence-electron chi connectivity index (χ1n) is 10.2. The molecular formula is C21H28N4O3. The number of benzene rings is 1. The highest BCUT2D eigenvalue weighted by Crippen LogP contribution is 2.27. The van der Waals surface area contributed by atoms with Gasteiger partial charge in [-0.25, -0.2) is 4.98 Å². The van der Waals surface area contributed by atoms with Crippen molar-refractivity contribution in [2.24, 2.45) is 5.92 Å². The van der Waals surface area contributed by atoms with Gasteiger partial charge in [0.2, 0.25) is 0 Å². The van der Waals surface area contributed by atoms with Crippen molar-refractivity contribution < 1.29 is 9.66 Å². The van der Waals surface area contributed by atoms with Crippen molar-refractivity contribution in [2.75, 3.05) is 37.6 Å². The lowest BCUT2D eigenvalue weighted by atomic mass is 9.95. The fraction of sp³-hybridized carbons (Fsp3) is 0.571.